The highest BCUT2D eigenvalue weighted by atomic mass is 16.5. The average molecular weight is 396 g/mol. The van der Waals surface area contributed by atoms with Gasteiger partial charge in [0.15, 0.2) is 11.5 Å². The van der Waals surface area contributed by atoms with Crippen LogP contribution in [0.1, 0.15) is 24.0 Å². The molecule has 1 unspecified atom stereocenters. The lowest BCUT2D eigenvalue weighted by Gasteiger charge is -2.24. The third-order valence-corrected chi connectivity index (χ3v) is 5.15. The van der Waals surface area contributed by atoms with Crippen molar-refractivity contribution in [1.82, 2.24) is 10.2 Å². The minimum Gasteiger partial charge on any atom is -0.493 e. The molecule has 0 bridgehead atoms. The van der Waals surface area contributed by atoms with Crippen LogP contribution in [0, 0.1) is 0 Å². The Morgan fingerprint density at radius 1 is 0.966 bits per heavy atom. The molecule has 1 aliphatic heterocycles. The summed E-state index contributed by atoms with van der Waals surface area (Å²) >= 11 is 0. The number of amides is 2. The van der Waals surface area contributed by atoms with Gasteiger partial charge in [-0.25, -0.2) is 0 Å². The number of hydrogen-bond donors (Lipinski definition) is 1. The maximum absolute atomic E-state index is 13.0. The summed E-state index contributed by atoms with van der Waals surface area (Å²) in [5.41, 5.74) is 1.82. The fourth-order valence-corrected chi connectivity index (χ4v) is 3.63. The van der Waals surface area contributed by atoms with Crippen LogP contribution in [0.3, 0.4) is 0 Å². The van der Waals surface area contributed by atoms with Crippen molar-refractivity contribution in [2.45, 2.75) is 31.7 Å². The zero-order valence-corrected chi connectivity index (χ0v) is 17.0. The molecule has 1 heterocycles. The van der Waals surface area contributed by atoms with Crippen LogP contribution in [-0.4, -0.2) is 50.1 Å². The first kappa shape index (κ1) is 20.7. The Bertz CT molecular complexity index is 832. The highest BCUT2D eigenvalue weighted by Gasteiger charge is 2.28. The Kier molecular flexibility index (Phi) is 7.11. The molecule has 0 aliphatic carbocycles. The summed E-state index contributed by atoms with van der Waals surface area (Å²) in [4.78, 5) is 27.6. The second kappa shape index (κ2) is 9.96. The summed E-state index contributed by atoms with van der Waals surface area (Å²) < 4.78 is 10.5. The van der Waals surface area contributed by atoms with E-state index in [0.717, 1.165) is 37.1 Å². The monoisotopic (exact) mass is 396 g/mol. The highest BCUT2D eigenvalue weighted by Crippen LogP contribution is 2.27. The molecular weight excluding hydrogens is 368 g/mol. The van der Waals surface area contributed by atoms with E-state index >= 15 is 0 Å². The molecule has 154 valence electrons. The Hall–Kier alpha value is -3.02. The quantitative estimate of drug-likeness (QED) is 0.745. The Morgan fingerprint density at radius 2 is 1.66 bits per heavy atom. The van der Waals surface area contributed by atoms with Gasteiger partial charge in [0.25, 0.3) is 0 Å². The first-order valence-electron chi connectivity index (χ1n) is 9.93. The average Bonchev–Trinajstić information content (AvgIpc) is 3.28. The number of rotatable bonds is 8. The highest BCUT2D eigenvalue weighted by molar-refractivity contribution is 5.89. The van der Waals surface area contributed by atoms with Crippen LogP contribution in [0.25, 0.3) is 0 Å². The zero-order chi connectivity index (χ0) is 20.6. The van der Waals surface area contributed by atoms with Gasteiger partial charge in [0.2, 0.25) is 11.8 Å². The van der Waals surface area contributed by atoms with Crippen LogP contribution < -0.4 is 14.8 Å². The van der Waals surface area contributed by atoms with E-state index in [9.17, 15) is 9.59 Å². The minimum atomic E-state index is -0.567. The van der Waals surface area contributed by atoms with Gasteiger partial charge in [-0.05, 0) is 36.1 Å². The molecule has 2 aromatic rings. The first-order valence-corrected chi connectivity index (χ1v) is 9.93. The third-order valence-electron chi connectivity index (χ3n) is 5.15. The van der Waals surface area contributed by atoms with Crippen molar-refractivity contribution >= 4 is 11.8 Å². The number of hydrogen-bond acceptors (Lipinski definition) is 4. The fraction of sp³-hybridized carbons (Fsp3) is 0.391. The lowest BCUT2D eigenvalue weighted by Crippen LogP contribution is -2.49. The number of likely N-dealkylation sites (tertiary alicyclic amines) is 1. The summed E-state index contributed by atoms with van der Waals surface area (Å²) in [6, 6.07) is 14.6. The van der Waals surface area contributed by atoms with E-state index < -0.39 is 6.04 Å². The van der Waals surface area contributed by atoms with E-state index in [2.05, 4.69) is 5.32 Å². The van der Waals surface area contributed by atoms with Crippen molar-refractivity contribution in [3.8, 4) is 11.5 Å². The summed E-state index contributed by atoms with van der Waals surface area (Å²) in [7, 11) is 3.13. The summed E-state index contributed by atoms with van der Waals surface area (Å²) in [6.07, 6.45) is 2.68. The van der Waals surface area contributed by atoms with E-state index in [-0.39, 0.29) is 18.2 Å². The van der Waals surface area contributed by atoms with Crippen molar-refractivity contribution in [2.24, 2.45) is 0 Å². The molecule has 0 radical (unpaired) electrons. The molecule has 6 heteroatoms. The van der Waals surface area contributed by atoms with Crippen LogP contribution in [0.2, 0.25) is 0 Å². The molecule has 6 nitrogen and oxygen atoms in total. The van der Waals surface area contributed by atoms with E-state index in [4.69, 9.17) is 9.47 Å². The fourth-order valence-electron chi connectivity index (χ4n) is 3.63. The number of benzene rings is 2. The van der Waals surface area contributed by atoms with Gasteiger partial charge >= 0.3 is 0 Å². The zero-order valence-electron chi connectivity index (χ0n) is 17.0. The maximum Gasteiger partial charge on any atom is 0.245 e. The summed E-state index contributed by atoms with van der Waals surface area (Å²) in [5.74, 6) is 0.993. The van der Waals surface area contributed by atoms with Crippen molar-refractivity contribution in [3.63, 3.8) is 0 Å². The number of carbonyl (C=O) groups is 2. The molecule has 2 aromatic carbocycles. The molecule has 0 aromatic heterocycles. The van der Waals surface area contributed by atoms with Gasteiger partial charge in [-0.1, -0.05) is 36.4 Å². The first-order chi connectivity index (χ1) is 14.1. The second-order valence-electron chi connectivity index (χ2n) is 7.21. The van der Waals surface area contributed by atoms with Gasteiger partial charge in [0.1, 0.15) is 6.04 Å². The molecule has 1 N–H and O–H groups in total. The number of nitrogens with one attached hydrogen (secondary N) is 1. The molecule has 1 saturated heterocycles. The Labute approximate surface area is 171 Å². The van der Waals surface area contributed by atoms with Gasteiger partial charge in [-0.15, -0.1) is 0 Å². The predicted molar refractivity (Wildman–Crippen MR) is 111 cm³/mol. The minimum absolute atomic E-state index is 0.00739. The van der Waals surface area contributed by atoms with E-state index in [1.165, 1.54) is 0 Å². The normalized spacial score (nSPS) is 14.3. The van der Waals surface area contributed by atoms with E-state index in [0.29, 0.717) is 17.9 Å². The molecule has 1 atom stereocenters. The topological polar surface area (TPSA) is 67.9 Å². The molecule has 29 heavy (non-hydrogen) atoms. The van der Waals surface area contributed by atoms with Gasteiger partial charge in [-0.3, -0.25) is 9.59 Å². The van der Waals surface area contributed by atoms with Crippen molar-refractivity contribution in [2.75, 3.05) is 27.3 Å². The molecule has 2 amide bonds. The maximum atomic E-state index is 13.0. The predicted octanol–water partition coefficient (Wildman–Crippen LogP) is 2.60. The second-order valence-corrected chi connectivity index (χ2v) is 7.21. The standard InChI is InChI=1S/C23H28N2O4/c1-28-20-11-10-18(15-21(20)29-2)16-22(26)24-19(14-17-8-4-3-5-9-17)23(27)25-12-6-7-13-25/h3-5,8-11,15,19H,6-7,12-14,16H2,1-2H3,(H,24,26). The summed E-state index contributed by atoms with van der Waals surface area (Å²) in [6.45, 7) is 1.52. The van der Waals surface area contributed by atoms with Crippen LogP contribution in [0.15, 0.2) is 48.5 Å². The Morgan fingerprint density at radius 3 is 2.31 bits per heavy atom. The molecule has 0 spiro atoms. The van der Waals surface area contributed by atoms with Crippen LogP contribution in [0.4, 0.5) is 0 Å². The number of carbonyl (C=O) groups excluding carboxylic acids is 2. The van der Waals surface area contributed by atoms with E-state index in [1.807, 2.05) is 41.3 Å². The summed E-state index contributed by atoms with van der Waals surface area (Å²) in [5, 5.41) is 2.95. The SMILES string of the molecule is COc1ccc(CC(=O)NC(Cc2ccccc2)C(=O)N2CCCC2)cc1OC. The third kappa shape index (κ3) is 5.50. The lowest BCUT2D eigenvalue weighted by atomic mass is 10.0. The van der Waals surface area contributed by atoms with E-state index in [1.54, 1.807) is 26.4 Å². The number of nitrogens with zero attached hydrogens (tertiary/aromatic N) is 1. The molecule has 1 fully saturated rings. The van der Waals surface area contributed by atoms with Crippen molar-refractivity contribution in [1.29, 1.82) is 0 Å². The molecule has 1 aliphatic rings. The van der Waals surface area contributed by atoms with Crippen LogP contribution in [-0.2, 0) is 22.4 Å². The molecule has 0 saturated carbocycles. The number of ether oxygens (including phenoxy) is 2. The van der Waals surface area contributed by atoms with Crippen LogP contribution in [0.5, 0.6) is 11.5 Å². The van der Waals surface area contributed by atoms with Crippen LogP contribution >= 0.6 is 0 Å². The van der Waals surface area contributed by atoms with Gasteiger partial charge in [0, 0.05) is 19.5 Å². The molecule has 3 rings (SSSR count). The Balaban J connectivity index is 1.70. The van der Waals surface area contributed by atoms with Gasteiger partial charge in [-0.2, -0.15) is 0 Å². The van der Waals surface area contributed by atoms with Crippen molar-refractivity contribution in [3.05, 3.63) is 59.7 Å². The number of methoxy groups -OCH3 is 2. The van der Waals surface area contributed by atoms with Crippen molar-refractivity contribution < 1.29 is 19.1 Å². The smallest absolute Gasteiger partial charge is 0.245 e. The van der Waals surface area contributed by atoms with Gasteiger partial charge in [0.05, 0.1) is 20.6 Å². The lowest BCUT2D eigenvalue weighted by molar-refractivity contribution is -0.135. The van der Waals surface area contributed by atoms with Gasteiger partial charge < -0.3 is 19.7 Å². The largest absolute Gasteiger partial charge is 0.493 e. The molecular formula is C23H28N2O4.